The van der Waals surface area contributed by atoms with E-state index in [2.05, 4.69) is 5.32 Å². The summed E-state index contributed by atoms with van der Waals surface area (Å²) in [6.45, 7) is 3.58. The molecule has 0 spiro atoms. The minimum absolute atomic E-state index is 0.125. The zero-order valence-electron chi connectivity index (χ0n) is 15.3. The number of nitrogens with zero attached hydrogens (tertiary/aromatic N) is 1. The Hall–Kier alpha value is -2.54. The summed E-state index contributed by atoms with van der Waals surface area (Å²) >= 11 is 0. The molecule has 7 heteroatoms. The van der Waals surface area contributed by atoms with E-state index < -0.39 is 16.1 Å². The zero-order valence-corrected chi connectivity index (χ0v) is 16.2. The molecule has 6 nitrogen and oxygen atoms in total. The second-order valence-corrected chi connectivity index (χ2v) is 8.14. The van der Waals surface area contributed by atoms with Crippen LogP contribution in [0.4, 0.5) is 5.69 Å². The van der Waals surface area contributed by atoms with Crippen molar-refractivity contribution in [3.8, 4) is 5.75 Å². The number of nitrogens with one attached hydrogen (secondary N) is 1. The van der Waals surface area contributed by atoms with E-state index >= 15 is 0 Å². The molecule has 0 aliphatic carbocycles. The van der Waals surface area contributed by atoms with Gasteiger partial charge in [0.15, 0.2) is 6.10 Å². The second kappa shape index (κ2) is 8.23. The number of carbonyl (C=O) groups is 1. The minimum atomic E-state index is -3.32. The van der Waals surface area contributed by atoms with Crippen LogP contribution >= 0.6 is 0 Å². The van der Waals surface area contributed by atoms with Crippen LogP contribution in [0.2, 0.25) is 0 Å². The van der Waals surface area contributed by atoms with E-state index in [4.69, 9.17) is 4.74 Å². The standard InChI is InChI=1S/C19H24N2O4S/c1-14(16-8-6-5-7-9-16)20-19(22)15(2)25-18-12-10-17(11-13-18)21(3)26(4,23)24/h5-15H,1-4H3,(H,20,22)/t14-,15?/m1/s1. The van der Waals surface area contributed by atoms with Gasteiger partial charge in [-0.3, -0.25) is 9.10 Å². The molecule has 1 N–H and O–H groups in total. The Kier molecular flexibility index (Phi) is 6.26. The lowest BCUT2D eigenvalue weighted by Gasteiger charge is -2.20. The molecule has 0 saturated carbocycles. The molecule has 2 atom stereocenters. The Morgan fingerprint density at radius 1 is 1.04 bits per heavy atom. The number of carbonyl (C=O) groups excluding carboxylic acids is 1. The number of hydrogen-bond acceptors (Lipinski definition) is 4. The lowest BCUT2D eigenvalue weighted by atomic mass is 10.1. The van der Waals surface area contributed by atoms with Gasteiger partial charge in [-0.15, -0.1) is 0 Å². The summed E-state index contributed by atoms with van der Waals surface area (Å²) in [5.74, 6) is 0.268. The second-order valence-electron chi connectivity index (χ2n) is 6.13. The lowest BCUT2D eigenvalue weighted by Crippen LogP contribution is -2.37. The van der Waals surface area contributed by atoms with Gasteiger partial charge in [-0.2, -0.15) is 0 Å². The molecule has 0 aromatic heterocycles. The molecule has 2 rings (SSSR count). The van der Waals surface area contributed by atoms with Crippen molar-refractivity contribution in [2.45, 2.75) is 26.0 Å². The molecular weight excluding hydrogens is 352 g/mol. The average molecular weight is 376 g/mol. The van der Waals surface area contributed by atoms with Gasteiger partial charge < -0.3 is 10.1 Å². The van der Waals surface area contributed by atoms with E-state index in [0.29, 0.717) is 11.4 Å². The molecule has 0 heterocycles. The first kappa shape index (κ1) is 19.8. The Bertz CT molecular complexity index is 836. The third-order valence-corrected chi connectivity index (χ3v) is 5.24. The van der Waals surface area contributed by atoms with Crippen LogP contribution in [0.1, 0.15) is 25.5 Å². The van der Waals surface area contributed by atoms with E-state index in [1.165, 1.54) is 11.4 Å². The van der Waals surface area contributed by atoms with E-state index in [9.17, 15) is 13.2 Å². The first-order valence-electron chi connectivity index (χ1n) is 8.24. The first-order chi connectivity index (χ1) is 12.2. The Morgan fingerprint density at radius 2 is 1.62 bits per heavy atom. The van der Waals surface area contributed by atoms with Crippen molar-refractivity contribution in [2.75, 3.05) is 17.6 Å². The molecule has 2 aromatic rings. The van der Waals surface area contributed by atoms with Crippen molar-refractivity contribution in [2.24, 2.45) is 0 Å². The highest BCUT2D eigenvalue weighted by Gasteiger charge is 2.18. The van der Waals surface area contributed by atoms with Crippen LogP contribution in [0.25, 0.3) is 0 Å². The number of sulfonamides is 1. The van der Waals surface area contributed by atoms with Crippen LogP contribution in [0.15, 0.2) is 54.6 Å². The molecule has 26 heavy (non-hydrogen) atoms. The van der Waals surface area contributed by atoms with Crippen molar-refractivity contribution in [3.63, 3.8) is 0 Å². The van der Waals surface area contributed by atoms with Crippen LogP contribution in [0, 0.1) is 0 Å². The summed E-state index contributed by atoms with van der Waals surface area (Å²) in [6, 6.07) is 16.1. The van der Waals surface area contributed by atoms with Gasteiger partial charge in [0.05, 0.1) is 18.0 Å². The summed E-state index contributed by atoms with van der Waals surface area (Å²) in [7, 11) is -1.84. The SMILES string of the molecule is CC(Oc1ccc(N(C)S(C)(=O)=O)cc1)C(=O)N[C@H](C)c1ccccc1. The van der Waals surface area contributed by atoms with Gasteiger partial charge in [0.25, 0.3) is 5.91 Å². The molecule has 1 unspecified atom stereocenters. The van der Waals surface area contributed by atoms with Crippen molar-refractivity contribution >= 4 is 21.6 Å². The van der Waals surface area contributed by atoms with Gasteiger partial charge in [-0.05, 0) is 43.7 Å². The highest BCUT2D eigenvalue weighted by molar-refractivity contribution is 7.92. The first-order valence-corrected chi connectivity index (χ1v) is 10.1. The van der Waals surface area contributed by atoms with Gasteiger partial charge in [-0.25, -0.2) is 8.42 Å². The van der Waals surface area contributed by atoms with E-state index in [1.54, 1.807) is 31.2 Å². The molecular formula is C19H24N2O4S. The molecule has 0 radical (unpaired) electrons. The van der Waals surface area contributed by atoms with Crippen LogP contribution in [-0.4, -0.2) is 33.7 Å². The summed E-state index contributed by atoms with van der Waals surface area (Å²) in [4.78, 5) is 12.3. The zero-order chi connectivity index (χ0) is 19.3. The summed E-state index contributed by atoms with van der Waals surface area (Å²) in [5, 5.41) is 2.91. The summed E-state index contributed by atoms with van der Waals surface area (Å²) in [6.07, 6.45) is 0.456. The molecule has 0 aliphatic heterocycles. The quantitative estimate of drug-likeness (QED) is 0.806. The fraction of sp³-hybridized carbons (Fsp3) is 0.316. The molecule has 140 valence electrons. The molecule has 2 aromatic carbocycles. The normalized spacial score (nSPS) is 13.5. The number of benzene rings is 2. The maximum atomic E-state index is 12.3. The molecule has 0 aliphatic rings. The Morgan fingerprint density at radius 3 is 2.15 bits per heavy atom. The molecule has 0 fully saturated rings. The average Bonchev–Trinajstić information content (AvgIpc) is 2.61. The maximum absolute atomic E-state index is 12.3. The summed E-state index contributed by atoms with van der Waals surface area (Å²) in [5.41, 5.74) is 1.54. The number of ether oxygens (including phenoxy) is 1. The number of anilines is 1. The van der Waals surface area contributed by atoms with Gasteiger partial charge in [0.1, 0.15) is 5.75 Å². The van der Waals surface area contributed by atoms with E-state index in [0.717, 1.165) is 11.8 Å². The third kappa shape index (κ3) is 5.23. The number of rotatable bonds is 7. The fourth-order valence-corrected chi connectivity index (χ4v) is 2.84. The predicted octanol–water partition coefficient (Wildman–Crippen LogP) is 2.73. The van der Waals surface area contributed by atoms with Crippen molar-refractivity contribution < 1.29 is 17.9 Å². The fourth-order valence-electron chi connectivity index (χ4n) is 2.34. The number of hydrogen-bond donors (Lipinski definition) is 1. The Balaban J connectivity index is 1.96. The maximum Gasteiger partial charge on any atom is 0.261 e. The molecule has 0 saturated heterocycles. The molecule has 1 amide bonds. The summed E-state index contributed by atoms with van der Waals surface area (Å²) < 4.78 is 29.9. The topological polar surface area (TPSA) is 75.7 Å². The monoisotopic (exact) mass is 376 g/mol. The van der Waals surface area contributed by atoms with Crippen LogP contribution in [0.5, 0.6) is 5.75 Å². The Labute approximate surface area is 154 Å². The smallest absolute Gasteiger partial charge is 0.261 e. The van der Waals surface area contributed by atoms with E-state index in [-0.39, 0.29) is 11.9 Å². The third-order valence-electron chi connectivity index (χ3n) is 4.04. The highest BCUT2D eigenvalue weighted by atomic mass is 32.2. The van der Waals surface area contributed by atoms with Crippen LogP contribution < -0.4 is 14.4 Å². The van der Waals surface area contributed by atoms with Crippen molar-refractivity contribution in [1.29, 1.82) is 0 Å². The highest BCUT2D eigenvalue weighted by Crippen LogP contribution is 2.21. The van der Waals surface area contributed by atoms with Gasteiger partial charge in [0.2, 0.25) is 10.0 Å². The van der Waals surface area contributed by atoms with Crippen molar-refractivity contribution in [3.05, 3.63) is 60.2 Å². The largest absolute Gasteiger partial charge is 0.481 e. The van der Waals surface area contributed by atoms with Gasteiger partial charge >= 0.3 is 0 Å². The van der Waals surface area contributed by atoms with Crippen molar-refractivity contribution in [1.82, 2.24) is 5.32 Å². The van der Waals surface area contributed by atoms with E-state index in [1.807, 2.05) is 37.3 Å². The molecule has 0 bridgehead atoms. The predicted molar refractivity (Wildman–Crippen MR) is 103 cm³/mol. The lowest BCUT2D eigenvalue weighted by molar-refractivity contribution is -0.127. The van der Waals surface area contributed by atoms with Crippen LogP contribution in [0.3, 0.4) is 0 Å². The minimum Gasteiger partial charge on any atom is -0.481 e. The van der Waals surface area contributed by atoms with Gasteiger partial charge in [0, 0.05) is 7.05 Å². The van der Waals surface area contributed by atoms with Crippen LogP contribution in [-0.2, 0) is 14.8 Å². The number of amides is 1. The van der Waals surface area contributed by atoms with Gasteiger partial charge in [-0.1, -0.05) is 30.3 Å².